The zero-order valence-corrected chi connectivity index (χ0v) is 7.60. The quantitative estimate of drug-likeness (QED) is 0.672. The molecule has 0 aromatic rings. The molecule has 1 aliphatic rings. The first-order valence-electron chi connectivity index (χ1n) is 4.57. The van der Waals surface area contributed by atoms with Crippen LogP contribution in [0.3, 0.4) is 0 Å². The topological polar surface area (TPSA) is 35.2 Å². The Morgan fingerprint density at radius 2 is 2.18 bits per heavy atom. The van der Waals surface area contributed by atoms with Gasteiger partial charge in [-0.05, 0) is 26.7 Å². The molecule has 0 aliphatic heterocycles. The maximum Gasteiger partial charge on any atom is 0.0615 e. The summed E-state index contributed by atoms with van der Waals surface area (Å²) < 4.78 is 5.56. The third kappa shape index (κ3) is 1.57. The molecule has 11 heavy (non-hydrogen) atoms. The molecule has 0 amide bonds. The molecule has 1 atom stereocenters. The Balaban J connectivity index is 2.40. The largest absolute Gasteiger partial charge is 0.378 e. The zero-order chi connectivity index (χ0) is 8.32. The average molecular weight is 157 g/mol. The van der Waals surface area contributed by atoms with E-state index < -0.39 is 0 Å². The predicted octanol–water partition coefficient (Wildman–Crippen LogP) is 1.54. The molecular formula is C9H19NO. The van der Waals surface area contributed by atoms with E-state index in [0.29, 0.717) is 11.5 Å². The molecule has 0 spiro atoms. The normalized spacial score (nSPS) is 24.3. The van der Waals surface area contributed by atoms with E-state index >= 15 is 0 Å². The summed E-state index contributed by atoms with van der Waals surface area (Å²) in [7, 11) is 0. The Morgan fingerprint density at radius 1 is 1.55 bits per heavy atom. The van der Waals surface area contributed by atoms with Crippen LogP contribution < -0.4 is 5.73 Å². The summed E-state index contributed by atoms with van der Waals surface area (Å²) in [5.41, 5.74) is 6.05. The first-order chi connectivity index (χ1) is 5.25. The summed E-state index contributed by atoms with van der Waals surface area (Å²) in [6.07, 6.45) is 4.19. The van der Waals surface area contributed by atoms with Crippen LogP contribution in [0.15, 0.2) is 0 Å². The highest BCUT2D eigenvalue weighted by atomic mass is 16.5. The summed E-state index contributed by atoms with van der Waals surface area (Å²) >= 11 is 0. The number of ether oxygens (including phenoxy) is 1. The van der Waals surface area contributed by atoms with Gasteiger partial charge in [-0.3, -0.25) is 0 Å². The van der Waals surface area contributed by atoms with Gasteiger partial charge in [0.25, 0.3) is 0 Å². The highest BCUT2D eigenvalue weighted by molar-refractivity contribution is 4.93. The number of nitrogens with two attached hydrogens (primary N) is 1. The van der Waals surface area contributed by atoms with E-state index in [1.165, 1.54) is 19.3 Å². The predicted molar refractivity (Wildman–Crippen MR) is 46.4 cm³/mol. The minimum atomic E-state index is 0.329. The van der Waals surface area contributed by atoms with E-state index in [1.54, 1.807) is 0 Å². The summed E-state index contributed by atoms with van der Waals surface area (Å²) in [4.78, 5) is 0. The second-order valence-corrected chi connectivity index (χ2v) is 3.52. The summed E-state index contributed by atoms with van der Waals surface area (Å²) in [5.74, 6) is 0. The van der Waals surface area contributed by atoms with Gasteiger partial charge in [-0.2, -0.15) is 0 Å². The minimum Gasteiger partial charge on any atom is -0.378 e. The number of hydrogen-bond donors (Lipinski definition) is 1. The molecule has 0 radical (unpaired) electrons. The van der Waals surface area contributed by atoms with Crippen LogP contribution in [0.5, 0.6) is 0 Å². The van der Waals surface area contributed by atoms with Gasteiger partial charge in [0.2, 0.25) is 0 Å². The average Bonchev–Trinajstić information content (AvgIpc) is 1.87. The first-order valence-corrected chi connectivity index (χ1v) is 4.57. The van der Waals surface area contributed by atoms with E-state index in [9.17, 15) is 0 Å². The molecule has 0 aromatic heterocycles. The molecule has 0 aromatic carbocycles. The first kappa shape index (κ1) is 9.01. The Morgan fingerprint density at radius 3 is 2.45 bits per heavy atom. The van der Waals surface area contributed by atoms with Gasteiger partial charge >= 0.3 is 0 Å². The lowest BCUT2D eigenvalue weighted by atomic mass is 9.65. The smallest absolute Gasteiger partial charge is 0.0615 e. The Hall–Kier alpha value is -0.0800. The fourth-order valence-electron chi connectivity index (χ4n) is 1.83. The van der Waals surface area contributed by atoms with Gasteiger partial charge in [-0.15, -0.1) is 0 Å². The fraction of sp³-hybridized carbons (Fsp3) is 1.00. The molecular weight excluding hydrogens is 138 g/mol. The number of rotatable bonds is 4. The van der Waals surface area contributed by atoms with Crippen molar-refractivity contribution in [1.29, 1.82) is 0 Å². The fourth-order valence-corrected chi connectivity index (χ4v) is 1.83. The molecule has 0 saturated heterocycles. The lowest BCUT2D eigenvalue weighted by Crippen LogP contribution is -2.46. The van der Waals surface area contributed by atoms with Crippen molar-refractivity contribution in [3.8, 4) is 0 Å². The third-order valence-electron chi connectivity index (χ3n) is 3.03. The second kappa shape index (κ2) is 3.55. The van der Waals surface area contributed by atoms with Gasteiger partial charge in [0.05, 0.1) is 6.10 Å². The van der Waals surface area contributed by atoms with Crippen LogP contribution in [0.1, 0.15) is 33.1 Å². The van der Waals surface area contributed by atoms with Crippen LogP contribution in [0.25, 0.3) is 0 Å². The molecule has 66 valence electrons. The maximum atomic E-state index is 5.72. The van der Waals surface area contributed by atoms with Gasteiger partial charge in [-0.1, -0.05) is 6.42 Å². The molecule has 1 rings (SSSR count). The molecule has 1 aliphatic carbocycles. The minimum absolute atomic E-state index is 0.329. The number of hydrogen-bond acceptors (Lipinski definition) is 2. The highest BCUT2D eigenvalue weighted by Gasteiger charge is 2.41. The Bertz CT molecular complexity index is 115. The van der Waals surface area contributed by atoms with E-state index in [1.807, 2.05) is 6.92 Å². The van der Waals surface area contributed by atoms with Gasteiger partial charge < -0.3 is 10.5 Å². The van der Waals surface area contributed by atoms with Crippen molar-refractivity contribution < 1.29 is 4.74 Å². The molecule has 1 fully saturated rings. The molecule has 2 nitrogen and oxygen atoms in total. The van der Waals surface area contributed by atoms with E-state index in [2.05, 4.69) is 6.92 Å². The van der Waals surface area contributed by atoms with E-state index in [-0.39, 0.29) is 0 Å². The molecule has 1 saturated carbocycles. The van der Waals surface area contributed by atoms with Crippen LogP contribution in [-0.2, 0) is 4.74 Å². The van der Waals surface area contributed by atoms with Crippen molar-refractivity contribution in [3.05, 3.63) is 0 Å². The van der Waals surface area contributed by atoms with Crippen LogP contribution in [0.2, 0.25) is 0 Å². The van der Waals surface area contributed by atoms with Crippen LogP contribution >= 0.6 is 0 Å². The van der Waals surface area contributed by atoms with Crippen molar-refractivity contribution in [2.45, 2.75) is 39.2 Å². The van der Waals surface area contributed by atoms with Crippen LogP contribution in [-0.4, -0.2) is 19.3 Å². The molecule has 2 heteroatoms. The standard InChI is InChI=1S/C9H19NO/c1-3-11-8(2)9(7-10)5-4-6-9/h8H,3-7,10H2,1-2H3. The third-order valence-corrected chi connectivity index (χ3v) is 3.03. The van der Waals surface area contributed by atoms with Gasteiger partial charge in [0.1, 0.15) is 0 Å². The molecule has 0 bridgehead atoms. The SMILES string of the molecule is CCOC(C)C1(CN)CCC1. The highest BCUT2D eigenvalue weighted by Crippen LogP contribution is 2.43. The van der Waals surface area contributed by atoms with Crippen molar-refractivity contribution in [2.75, 3.05) is 13.2 Å². The Labute approximate surface area is 69.1 Å². The molecule has 2 N–H and O–H groups in total. The van der Waals surface area contributed by atoms with E-state index in [0.717, 1.165) is 13.2 Å². The lowest BCUT2D eigenvalue weighted by molar-refractivity contribution is -0.0617. The van der Waals surface area contributed by atoms with Crippen LogP contribution in [0, 0.1) is 5.41 Å². The van der Waals surface area contributed by atoms with Gasteiger partial charge in [0.15, 0.2) is 0 Å². The van der Waals surface area contributed by atoms with E-state index in [4.69, 9.17) is 10.5 Å². The zero-order valence-electron chi connectivity index (χ0n) is 7.60. The van der Waals surface area contributed by atoms with Crippen molar-refractivity contribution in [2.24, 2.45) is 11.1 Å². The van der Waals surface area contributed by atoms with Gasteiger partial charge in [0, 0.05) is 18.6 Å². The van der Waals surface area contributed by atoms with Crippen molar-refractivity contribution in [1.82, 2.24) is 0 Å². The summed E-state index contributed by atoms with van der Waals surface area (Å²) in [6, 6.07) is 0. The van der Waals surface area contributed by atoms with Crippen molar-refractivity contribution in [3.63, 3.8) is 0 Å². The molecule has 1 unspecified atom stereocenters. The monoisotopic (exact) mass is 157 g/mol. The maximum absolute atomic E-state index is 5.72. The Kier molecular flexibility index (Phi) is 2.90. The van der Waals surface area contributed by atoms with Gasteiger partial charge in [-0.25, -0.2) is 0 Å². The second-order valence-electron chi connectivity index (χ2n) is 3.52. The summed E-state index contributed by atoms with van der Waals surface area (Å²) in [6.45, 7) is 5.78. The molecule has 0 heterocycles. The summed E-state index contributed by atoms with van der Waals surface area (Å²) in [5, 5.41) is 0. The van der Waals surface area contributed by atoms with Crippen molar-refractivity contribution >= 4 is 0 Å². The lowest BCUT2D eigenvalue weighted by Gasteiger charge is -2.45. The van der Waals surface area contributed by atoms with Crippen LogP contribution in [0.4, 0.5) is 0 Å².